The molecule has 0 spiro atoms. The Morgan fingerprint density at radius 2 is 2.00 bits per heavy atom. The van der Waals surface area contributed by atoms with Gasteiger partial charge in [0.25, 0.3) is 0 Å². The van der Waals surface area contributed by atoms with Crippen LogP contribution in [0.1, 0.15) is 31.9 Å². The van der Waals surface area contributed by atoms with E-state index >= 15 is 0 Å². The van der Waals surface area contributed by atoms with Crippen LogP contribution in [0.25, 0.3) is 0 Å². The van der Waals surface area contributed by atoms with E-state index in [1.54, 1.807) is 12.1 Å². The SMILES string of the molecule is CC(C)(C)C1Cc2ccc(F)cc2CCN1. The molecule has 1 aromatic rings. The summed E-state index contributed by atoms with van der Waals surface area (Å²) in [6, 6.07) is 5.67. The highest BCUT2D eigenvalue weighted by Crippen LogP contribution is 2.26. The Balaban J connectivity index is 2.28. The van der Waals surface area contributed by atoms with Gasteiger partial charge in [-0.1, -0.05) is 26.8 Å². The topological polar surface area (TPSA) is 12.0 Å². The average molecular weight is 221 g/mol. The van der Waals surface area contributed by atoms with Gasteiger partial charge < -0.3 is 5.32 Å². The smallest absolute Gasteiger partial charge is 0.123 e. The summed E-state index contributed by atoms with van der Waals surface area (Å²) in [5.74, 6) is -0.118. The largest absolute Gasteiger partial charge is 0.313 e. The maximum absolute atomic E-state index is 13.1. The first kappa shape index (κ1) is 11.6. The molecule has 0 fully saturated rings. The number of benzene rings is 1. The highest BCUT2D eigenvalue weighted by atomic mass is 19.1. The van der Waals surface area contributed by atoms with Gasteiger partial charge in [0, 0.05) is 6.04 Å². The highest BCUT2D eigenvalue weighted by Gasteiger charge is 2.26. The molecule has 0 radical (unpaired) electrons. The molecule has 0 aromatic heterocycles. The zero-order valence-corrected chi connectivity index (χ0v) is 10.3. The molecule has 1 heterocycles. The van der Waals surface area contributed by atoms with E-state index in [9.17, 15) is 4.39 Å². The molecule has 0 saturated heterocycles. The fourth-order valence-electron chi connectivity index (χ4n) is 2.31. The number of hydrogen-bond acceptors (Lipinski definition) is 1. The van der Waals surface area contributed by atoms with Gasteiger partial charge in [0.1, 0.15) is 5.82 Å². The van der Waals surface area contributed by atoms with E-state index in [1.807, 2.05) is 6.07 Å². The summed E-state index contributed by atoms with van der Waals surface area (Å²) in [6.07, 6.45) is 1.93. The van der Waals surface area contributed by atoms with Gasteiger partial charge in [-0.2, -0.15) is 0 Å². The van der Waals surface area contributed by atoms with E-state index in [1.165, 1.54) is 11.1 Å². The van der Waals surface area contributed by atoms with Crippen molar-refractivity contribution in [2.45, 2.75) is 39.7 Å². The Bertz CT molecular complexity index is 379. The molecule has 1 unspecified atom stereocenters. The number of rotatable bonds is 0. The summed E-state index contributed by atoms with van der Waals surface area (Å²) in [5, 5.41) is 3.57. The third-order valence-corrected chi connectivity index (χ3v) is 3.42. The van der Waals surface area contributed by atoms with Crippen molar-refractivity contribution < 1.29 is 4.39 Å². The molecule has 0 aliphatic carbocycles. The maximum atomic E-state index is 13.1. The molecule has 1 atom stereocenters. The summed E-state index contributed by atoms with van der Waals surface area (Å²) in [7, 11) is 0. The van der Waals surface area contributed by atoms with Crippen LogP contribution in [-0.4, -0.2) is 12.6 Å². The summed E-state index contributed by atoms with van der Waals surface area (Å²) in [4.78, 5) is 0. The lowest BCUT2D eigenvalue weighted by atomic mass is 9.83. The molecular formula is C14H20FN. The van der Waals surface area contributed by atoms with Gasteiger partial charge in [-0.05, 0) is 48.1 Å². The van der Waals surface area contributed by atoms with E-state index in [0.29, 0.717) is 6.04 Å². The molecule has 16 heavy (non-hydrogen) atoms. The molecule has 1 aliphatic rings. The van der Waals surface area contributed by atoms with Crippen molar-refractivity contribution in [2.24, 2.45) is 5.41 Å². The molecule has 88 valence electrons. The van der Waals surface area contributed by atoms with Crippen LogP contribution in [-0.2, 0) is 12.8 Å². The van der Waals surface area contributed by atoms with E-state index in [4.69, 9.17) is 0 Å². The first-order valence-corrected chi connectivity index (χ1v) is 5.97. The van der Waals surface area contributed by atoms with Crippen molar-refractivity contribution in [1.82, 2.24) is 5.32 Å². The van der Waals surface area contributed by atoms with Gasteiger partial charge in [-0.15, -0.1) is 0 Å². The number of hydrogen-bond donors (Lipinski definition) is 1. The zero-order valence-electron chi connectivity index (χ0n) is 10.3. The van der Waals surface area contributed by atoms with Crippen molar-refractivity contribution in [3.05, 3.63) is 35.1 Å². The minimum atomic E-state index is -0.118. The zero-order chi connectivity index (χ0) is 11.8. The predicted molar refractivity (Wildman–Crippen MR) is 65.1 cm³/mol. The standard InChI is InChI=1S/C14H20FN/c1-14(2,3)13-9-10-4-5-12(15)8-11(10)6-7-16-13/h4-5,8,13,16H,6-7,9H2,1-3H3. The van der Waals surface area contributed by atoms with Crippen LogP contribution in [0.5, 0.6) is 0 Å². The molecule has 0 saturated carbocycles. The fourth-order valence-corrected chi connectivity index (χ4v) is 2.31. The van der Waals surface area contributed by atoms with Gasteiger partial charge in [0.2, 0.25) is 0 Å². The van der Waals surface area contributed by atoms with Crippen molar-refractivity contribution in [2.75, 3.05) is 6.54 Å². The summed E-state index contributed by atoms with van der Waals surface area (Å²) >= 11 is 0. The van der Waals surface area contributed by atoms with Crippen molar-refractivity contribution >= 4 is 0 Å². The Hall–Kier alpha value is -0.890. The molecule has 1 nitrogen and oxygen atoms in total. The predicted octanol–water partition coefficient (Wildman–Crippen LogP) is 2.93. The first-order chi connectivity index (χ1) is 7.47. The van der Waals surface area contributed by atoms with E-state index in [-0.39, 0.29) is 11.2 Å². The van der Waals surface area contributed by atoms with Crippen LogP contribution >= 0.6 is 0 Å². The summed E-state index contributed by atoms with van der Waals surface area (Å²) in [6.45, 7) is 7.69. The quantitative estimate of drug-likeness (QED) is 0.710. The van der Waals surface area contributed by atoms with Crippen molar-refractivity contribution in [3.63, 3.8) is 0 Å². The Morgan fingerprint density at radius 3 is 2.69 bits per heavy atom. The summed E-state index contributed by atoms with van der Waals surface area (Å²) in [5.41, 5.74) is 2.71. The molecule has 0 amide bonds. The first-order valence-electron chi connectivity index (χ1n) is 5.97. The third kappa shape index (κ3) is 2.43. The number of fused-ring (bicyclic) bond motifs is 1. The molecule has 0 bridgehead atoms. The molecule has 2 heteroatoms. The Kier molecular flexibility index (Phi) is 3.02. The normalized spacial score (nSPS) is 21.4. The fraction of sp³-hybridized carbons (Fsp3) is 0.571. The van der Waals surface area contributed by atoms with E-state index in [0.717, 1.165) is 19.4 Å². The minimum Gasteiger partial charge on any atom is -0.313 e. The minimum absolute atomic E-state index is 0.118. The monoisotopic (exact) mass is 221 g/mol. The lowest BCUT2D eigenvalue weighted by molar-refractivity contribution is 0.272. The molecule has 2 rings (SSSR count). The Labute approximate surface area is 97.1 Å². The second-order valence-electron chi connectivity index (χ2n) is 5.74. The molecule has 1 aliphatic heterocycles. The lowest BCUT2D eigenvalue weighted by Crippen LogP contribution is -2.41. The van der Waals surface area contributed by atoms with Crippen molar-refractivity contribution in [3.8, 4) is 0 Å². The molecule has 1 N–H and O–H groups in total. The van der Waals surface area contributed by atoms with Crippen LogP contribution in [0.3, 0.4) is 0 Å². The lowest BCUT2D eigenvalue weighted by Gasteiger charge is -2.30. The van der Waals surface area contributed by atoms with Gasteiger partial charge >= 0.3 is 0 Å². The number of halogens is 1. The van der Waals surface area contributed by atoms with Gasteiger partial charge in [0.15, 0.2) is 0 Å². The van der Waals surface area contributed by atoms with Gasteiger partial charge in [-0.25, -0.2) is 4.39 Å². The molecular weight excluding hydrogens is 201 g/mol. The van der Waals surface area contributed by atoms with Crippen LogP contribution in [0.15, 0.2) is 18.2 Å². The molecule has 1 aromatic carbocycles. The van der Waals surface area contributed by atoms with Crippen molar-refractivity contribution in [1.29, 1.82) is 0 Å². The van der Waals surface area contributed by atoms with Crippen LogP contribution < -0.4 is 5.32 Å². The number of nitrogens with one attached hydrogen (secondary N) is 1. The maximum Gasteiger partial charge on any atom is 0.123 e. The second-order valence-corrected chi connectivity index (χ2v) is 5.74. The van der Waals surface area contributed by atoms with Crippen LogP contribution in [0.2, 0.25) is 0 Å². The van der Waals surface area contributed by atoms with Gasteiger partial charge in [0.05, 0.1) is 0 Å². The van der Waals surface area contributed by atoms with Crippen LogP contribution in [0, 0.1) is 11.2 Å². The Morgan fingerprint density at radius 1 is 1.25 bits per heavy atom. The second kappa shape index (κ2) is 4.17. The summed E-state index contributed by atoms with van der Waals surface area (Å²) < 4.78 is 13.1. The van der Waals surface area contributed by atoms with Crippen LogP contribution in [0.4, 0.5) is 4.39 Å². The van der Waals surface area contributed by atoms with Gasteiger partial charge in [-0.3, -0.25) is 0 Å². The third-order valence-electron chi connectivity index (χ3n) is 3.42. The average Bonchev–Trinajstić information content (AvgIpc) is 2.38. The van der Waals surface area contributed by atoms with E-state index < -0.39 is 0 Å². The van der Waals surface area contributed by atoms with E-state index in [2.05, 4.69) is 26.1 Å². The highest BCUT2D eigenvalue weighted by molar-refractivity contribution is 5.30.